The molecule has 1 rings (SSSR count). The Bertz CT molecular complexity index is 389. The molecule has 0 aliphatic rings. The van der Waals surface area contributed by atoms with Gasteiger partial charge in [0.25, 0.3) is 0 Å². The summed E-state index contributed by atoms with van der Waals surface area (Å²) in [6, 6.07) is 3.98. The molecule has 17 heavy (non-hydrogen) atoms. The quantitative estimate of drug-likeness (QED) is 0.821. The average Bonchev–Trinajstić information content (AvgIpc) is 2.75. The molecule has 0 amide bonds. The maximum atomic E-state index is 11.0. The SMILES string of the molecule is CCc1ccc(C(C)(CC(=O)O)C(N)CC)s1. The molecule has 0 aliphatic carbocycles. The zero-order valence-corrected chi connectivity index (χ0v) is 11.5. The molecule has 0 aromatic carbocycles. The van der Waals surface area contributed by atoms with Crippen LogP contribution in [0.3, 0.4) is 0 Å². The fourth-order valence-corrected chi connectivity index (χ4v) is 3.20. The second kappa shape index (κ2) is 5.65. The summed E-state index contributed by atoms with van der Waals surface area (Å²) in [5, 5.41) is 9.07. The number of carboxylic acid groups (broad SMARTS) is 1. The molecule has 0 radical (unpaired) electrons. The molecule has 1 aromatic rings. The molecule has 3 nitrogen and oxygen atoms in total. The smallest absolute Gasteiger partial charge is 0.304 e. The van der Waals surface area contributed by atoms with E-state index in [0.29, 0.717) is 0 Å². The van der Waals surface area contributed by atoms with Crippen molar-refractivity contribution in [1.29, 1.82) is 0 Å². The van der Waals surface area contributed by atoms with Crippen LogP contribution in [-0.2, 0) is 16.6 Å². The monoisotopic (exact) mass is 255 g/mol. The van der Waals surface area contributed by atoms with E-state index in [2.05, 4.69) is 13.0 Å². The summed E-state index contributed by atoms with van der Waals surface area (Å²) in [5.41, 5.74) is 5.67. The average molecular weight is 255 g/mol. The van der Waals surface area contributed by atoms with E-state index in [1.165, 1.54) is 4.88 Å². The molecule has 96 valence electrons. The van der Waals surface area contributed by atoms with Crippen LogP contribution in [0.4, 0.5) is 0 Å². The maximum absolute atomic E-state index is 11.0. The van der Waals surface area contributed by atoms with Crippen LogP contribution in [0.15, 0.2) is 12.1 Å². The van der Waals surface area contributed by atoms with Gasteiger partial charge in [-0.3, -0.25) is 4.79 Å². The molecule has 2 unspecified atom stereocenters. The van der Waals surface area contributed by atoms with Gasteiger partial charge in [0, 0.05) is 21.2 Å². The van der Waals surface area contributed by atoms with Crippen molar-refractivity contribution in [2.75, 3.05) is 0 Å². The maximum Gasteiger partial charge on any atom is 0.304 e. The first-order chi connectivity index (χ1) is 7.93. The predicted octanol–water partition coefficient (Wildman–Crippen LogP) is 2.78. The van der Waals surface area contributed by atoms with E-state index < -0.39 is 11.4 Å². The van der Waals surface area contributed by atoms with Crippen molar-refractivity contribution in [3.63, 3.8) is 0 Å². The Morgan fingerprint density at radius 1 is 1.53 bits per heavy atom. The van der Waals surface area contributed by atoms with Crippen molar-refractivity contribution in [1.82, 2.24) is 0 Å². The van der Waals surface area contributed by atoms with Crippen LogP contribution >= 0.6 is 11.3 Å². The lowest BCUT2D eigenvalue weighted by Gasteiger charge is -2.32. The molecule has 0 saturated carbocycles. The largest absolute Gasteiger partial charge is 0.481 e. The zero-order valence-electron chi connectivity index (χ0n) is 10.7. The van der Waals surface area contributed by atoms with E-state index in [1.807, 2.05) is 19.9 Å². The van der Waals surface area contributed by atoms with Crippen LogP contribution in [0.25, 0.3) is 0 Å². The van der Waals surface area contributed by atoms with Gasteiger partial charge in [-0.25, -0.2) is 0 Å². The van der Waals surface area contributed by atoms with Crippen LogP contribution in [0.5, 0.6) is 0 Å². The van der Waals surface area contributed by atoms with Gasteiger partial charge in [0.05, 0.1) is 6.42 Å². The molecule has 4 heteroatoms. The van der Waals surface area contributed by atoms with Gasteiger partial charge >= 0.3 is 5.97 Å². The highest BCUT2D eigenvalue weighted by molar-refractivity contribution is 7.12. The van der Waals surface area contributed by atoms with Crippen LogP contribution in [-0.4, -0.2) is 17.1 Å². The molecular formula is C13H21NO2S. The van der Waals surface area contributed by atoms with Crippen molar-refractivity contribution >= 4 is 17.3 Å². The molecular weight excluding hydrogens is 234 g/mol. The Kier molecular flexibility index (Phi) is 4.71. The van der Waals surface area contributed by atoms with Crippen molar-refractivity contribution < 1.29 is 9.90 Å². The predicted molar refractivity (Wildman–Crippen MR) is 71.6 cm³/mol. The van der Waals surface area contributed by atoms with Crippen LogP contribution < -0.4 is 5.73 Å². The number of aliphatic carboxylic acids is 1. The number of aryl methyl sites for hydroxylation is 1. The van der Waals surface area contributed by atoms with Gasteiger partial charge in [0.15, 0.2) is 0 Å². The summed E-state index contributed by atoms with van der Waals surface area (Å²) in [5.74, 6) is -0.789. The van der Waals surface area contributed by atoms with E-state index in [9.17, 15) is 4.79 Å². The van der Waals surface area contributed by atoms with E-state index in [-0.39, 0.29) is 12.5 Å². The highest BCUT2D eigenvalue weighted by Crippen LogP contribution is 2.36. The Labute approximate surface area is 107 Å². The molecule has 1 aromatic heterocycles. The molecule has 3 N–H and O–H groups in total. The first-order valence-corrected chi connectivity index (χ1v) is 6.82. The van der Waals surface area contributed by atoms with Gasteiger partial charge in [-0.2, -0.15) is 0 Å². The number of carbonyl (C=O) groups is 1. The molecule has 0 saturated heterocycles. The Morgan fingerprint density at radius 2 is 2.18 bits per heavy atom. The summed E-state index contributed by atoms with van der Waals surface area (Å²) in [6.07, 6.45) is 1.85. The summed E-state index contributed by atoms with van der Waals surface area (Å²) in [4.78, 5) is 13.4. The third kappa shape index (κ3) is 3.07. The normalized spacial score (nSPS) is 16.5. The van der Waals surface area contributed by atoms with Crippen molar-refractivity contribution in [2.45, 2.75) is 51.5 Å². The minimum absolute atomic E-state index is 0.0890. The second-order valence-corrected chi connectivity index (χ2v) is 5.79. The highest BCUT2D eigenvalue weighted by atomic mass is 32.1. The van der Waals surface area contributed by atoms with Gasteiger partial charge in [-0.15, -0.1) is 11.3 Å². The minimum Gasteiger partial charge on any atom is -0.481 e. The highest BCUT2D eigenvalue weighted by Gasteiger charge is 2.36. The van der Waals surface area contributed by atoms with E-state index in [0.717, 1.165) is 17.7 Å². The van der Waals surface area contributed by atoms with Gasteiger partial charge in [-0.05, 0) is 25.0 Å². The van der Waals surface area contributed by atoms with Gasteiger partial charge in [-0.1, -0.05) is 20.8 Å². The molecule has 0 fully saturated rings. The van der Waals surface area contributed by atoms with Crippen LogP contribution in [0.1, 0.15) is 43.4 Å². The first-order valence-electron chi connectivity index (χ1n) is 6.00. The molecule has 0 spiro atoms. The minimum atomic E-state index is -0.789. The second-order valence-electron chi connectivity index (χ2n) is 4.62. The van der Waals surface area contributed by atoms with Gasteiger partial charge in [0.1, 0.15) is 0 Å². The number of carboxylic acids is 1. The standard InChI is InChI=1S/C13H21NO2S/c1-4-9-6-7-11(17-9)13(3,8-12(15)16)10(14)5-2/h6-7,10H,4-5,8,14H2,1-3H3,(H,15,16). The fraction of sp³-hybridized carbons (Fsp3) is 0.615. The number of hydrogen-bond donors (Lipinski definition) is 2. The molecule has 0 bridgehead atoms. The zero-order chi connectivity index (χ0) is 13.1. The summed E-state index contributed by atoms with van der Waals surface area (Å²) < 4.78 is 0. The molecule has 0 aliphatic heterocycles. The van der Waals surface area contributed by atoms with Crippen molar-refractivity contribution in [3.05, 3.63) is 21.9 Å². The van der Waals surface area contributed by atoms with Gasteiger partial charge < -0.3 is 10.8 Å². The Hall–Kier alpha value is -0.870. The topological polar surface area (TPSA) is 63.3 Å². The Balaban J connectivity index is 3.08. The van der Waals surface area contributed by atoms with E-state index in [1.54, 1.807) is 11.3 Å². The fourth-order valence-electron chi connectivity index (χ4n) is 2.04. The van der Waals surface area contributed by atoms with E-state index >= 15 is 0 Å². The summed E-state index contributed by atoms with van der Waals surface area (Å²) in [6.45, 7) is 6.06. The molecule has 2 atom stereocenters. The van der Waals surface area contributed by atoms with Gasteiger partial charge in [0.2, 0.25) is 0 Å². The van der Waals surface area contributed by atoms with Crippen LogP contribution in [0.2, 0.25) is 0 Å². The third-order valence-corrected chi connectivity index (χ3v) is 4.86. The number of thiophene rings is 1. The van der Waals surface area contributed by atoms with Crippen molar-refractivity contribution in [3.8, 4) is 0 Å². The lowest BCUT2D eigenvalue weighted by atomic mass is 9.77. The van der Waals surface area contributed by atoms with E-state index in [4.69, 9.17) is 10.8 Å². The van der Waals surface area contributed by atoms with Crippen LogP contribution in [0, 0.1) is 0 Å². The summed E-state index contributed by atoms with van der Waals surface area (Å²) in [7, 11) is 0. The lowest BCUT2D eigenvalue weighted by molar-refractivity contribution is -0.138. The number of nitrogens with two attached hydrogens (primary N) is 1. The first kappa shape index (κ1) is 14.2. The molecule has 1 heterocycles. The lowest BCUT2D eigenvalue weighted by Crippen LogP contribution is -2.43. The number of rotatable bonds is 6. The van der Waals surface area contributed by atoms with Crippen molar-refractivity contribution in [2.24, 2.45) is 5.73 Å². The number of hydrogen-bond acceptors (Lipinski definition) is 3. The Morgan fingerprint density at radius 3 is 2.59 bits per heavy atom. The third-order valence-electron chi connectivity index (χ3n) is 3.35. The summed E-state index contributed by atoms with van der Waals surface area (Å²) >= 11 is 1.68.